The Balaban J connectivity index is 1.07. The maximum absolute atomic E-state index is 5.18. The van der Waals surface area contributed by atoms with Crippen LogP contribution in [0.4, 0.5) is 11.4 Å². The lowest BCUT2D eigenvalue weighted by Gasteiger charge is -2.43. The summed E-state index contributed by atoms with van der Waals surface area (Å²) >= 11 is 2.06. The van der Waals surface area contributed by atoms with E-state index in [4.69, 9.17) is 15.0 Å². The molecule has 2 aliphatic carbocycles. The Morgan fingerprint density at radius 2 is 0.966 bits per heavy atom. The Morgan fingerprint density at radius 3 is 1.71 bits per heavy atom. The van der Waals surface area contributed by atoms with Crippen LogP contribution < -0.4 is 4.90 Å². The first-order valence-electron chi connectivity index (χ1n) is 20.1. The summed E-state index contributed by atoms with van der Waals surface area (Å²) in [6.45, 7) is 0. The van der Waals surface area contributed by atoms with Crippen LogP contribution in [0.1, 0.15) is 39.3 Å². The zero-order valence-corrected chi connectivity index (χ0v) is 32.1. The van der Waals surface area contributed by atoms with Gasteiger partial charge in [-0.3, -0.25) is 0 Å². The van der Waals surface area contributed by atoms with Gasteiger partial charge in [-0.2, -0.15) is 0 Å². The zero-order valence-electron chi connectivity index (χ0n) is 31.3. The summed E-state index contributed by atoms with van der Waals surface area (Å²) in [5.74, 6) is 2.48. The van der Waals surface area contributed by atoms with E-state index >= 15 is 0 Å². The van der Waals surface area contributed by atoms with Crippen LogP contribution in [-0.2, 0) is 0 Å². The summed E-state index contributed by atoms with van der Waals surface area (Å²) in [5.41, 5.74) is 16.7. The normalized spacial score (nSPS) is 18.9. The molecule has 272 valence electrons. The molecule has 4 unspecified atom stereocenters. The maximum Gasteiger partial charge on any atom is 0.164 e. The summed E-state index contributed by atoms with van der Waals surface area (Å²) in [7, 11) is 0. The van der Waals surface area contributed by atoms with Gasteiger partial charge in [-0.1, -0.05) is 158 Å². The van der Waals surface area contributed by atoms with E-state index in [1.165, 1.54) is 66.2 Å². The van der Waals surface area contributed by atoms with Gasteiger partial charge in [0.25, 0.3) is 0 Å². The Bertz CT molecular complexity index is 3090. The predicted molar refractivity (Wildman–Crippen MR) is 237 cm³/mol. The Kier molecular flexibility index (Phi) is 6.87. The third kappa shape index (κ3) is 4.51. The SMILES string of the molecule is c1ccc(-c2nc(-c3ccccc3)nc(-c3ccc(N4c5cccc6c5C5c7c(cccc7C7Sc8ccccc8C7C54)-c4ccccc4-6)c4ccccc34)n2)cc1. The molecule has 0 N–H and O–H groups in total. The van der Waals surface area contributed by atoms with Crippen molar-refractivity contribution in [1.82, 2.24) is 15.0 Å². The van der Waals surface area contributed by atoms with E-state index in [-0.39, 0.29) is 12.0 Å². The molecule has 4 aliphatic rings. The first kappa shape index (κ1) is 32.3. The second-order valence-corrected chi connectivity index (χ2v) is 16.9. The number of aromatic nitrogens is 3. The molecule has 3 heterocycles. The van der Waals surface area contributed by atoms with Gasteiger partial charge in [0, 0.05) is 55.4 Å². The van der Waals surface area contributed by atoms with Crippen molar-refractivity contribution < 1.29 is 0 Å². The fourth-order valence-corrected chi connectivity index (χ4v) is 12.2. The van der Waals surface area contributed by atoms with Gasteiger partial charge in [0.05, 0.1) is 6.04 Å². The molecule has 2 aliphatic heterocycles. The van der Waals surface area contributed by atoms with Gasteiger partial charge in [-0.15, -0.1) is 11.8 Å². The van der Waals surface area contributed by atoms with Crippen molar-refractivity contribution in [3.05, 3.63) is 204 Å². The van der Waals surface area contributed by atoms with E-state index in [1.807, 2.05) is 36.4 Å². The van der Waals surface area contributed by atoms with Crippen LogP contribution in [0.3, 0.4) is 0 Å². The fourth-order valence-electron chi connectivity index (χ4n) is 10.6. The molecule has 1 aromatic heterocycles. The second-order valence-electron chi connectivity index (χ2n) is 15.7. The number of thioether (sulfide) groups is 1. The molecule has 0 bridgehead atoms. The molecule has 9 aromatic rings. The van der Waals surface area contributed by atoms with Gasteiger partial charge < -0.3 is 4.90 Å². The highest BCUT2D eigenvalue weighted by Crippen LogP contribution is 2.70. The van der Waals surface area contributed by atoms with Crippen LogP contribution in [0.25, 0.3) is 67.2 Å². The number of hydrogen-bond donors (Lipinski definition) is 0. The summed E-state index contributed by atoms with van der Waals surface area (Å²) in [5, 5.41) is 2.62. The molecule has 8 aromatic carbocycles. The van der Waals surface area contributed by atoms with Crippen molar-refractivity contribution in [2.45, 2.75) is 28.0 Å². The highest BCUT2D eigenvalue weighted by Gasteiger charge is 2.56. The average molecular weight is 759 g/mol. The molecule has 0 amide bonds. The molecule has 13 rings (SSSR count). The van der Waals surface area contributed by atoms with E-state index < -0.39 is 0 Å². The molecular formula is C53H34N4S. The van der Waals surface area contributed by atoms with Gasteiger partial charge >= 0.3 is 0 Å². The monoisotopic (exact) mass is 758 g/mol. The summed E-state index contributed by atoms with van der Waals surface area (Å²) in [6.07, 6.45) is 0. The smallest absolute Gasteiger partial charge is 0.164 e. The number of benzene rings is 8. The summed E-state index contributed by atoms with van der Waals surface area (Å²) in [4.78, 5) is 19.5. The third-order valence-corrected chi connectivity index (χ3v) is 14.3. The van der Waals surface area contributed by atoms with Crippen molar-refractivity contribution in [3.63, 3.8) is 0 Å². The molecule has 0 saturated heterocycles. The average Bonchev–Trinajstić information content (AvgIpc) is 3.82. The lowest BCUT2D eigenvalue weighted by molar-refractivity contribution is 0.468. The van der Waals surface area contributed by atoms with Gasteiger partial charge in [0.1, 0.15) is 0 Å². The second kappa shape index (κ2) is 12.3. The Morgan fingerprint density at radius 1 is 0.397 bits per heavy atom. The van der Waals surface area contributed by atoms with Gasteiger partial charge in [-0.05, 0) is 74.2 Å². The minimum absolute atomic E-state index is 0.168. The highest BCUT2D eigenvalue weighted by atomic mass is 32.2. The number of hydrogen-bond acceptors (Lipinski definition) is 5. The van der Waals surface area contributed by atoms with Crippen LogP contribution in [-0.4, -0.2) is 21.0 Å². The lowest BCUT2D eigenvalue weighted by atomic mass is 9.68. The van der Waals surface area contributed by atoms with Crippen LogP contribution in [0, 0.1) is 0 Å². The molecule has 58 heavy (non-hydrogen) atoms. The Labute approximate surface area is 340 Å². The predicted octanol–water partition coefficient (Wildman–Crippen LogP) is 13.3. The Hall–Kier alpha value is -6.82. The molecule has 0 radical (unpaired) electrons. The molecular weight excluding hydrogens is 725 g/mol. The molecule has 0 saturated carbocycles. The third-order valence-electron chi connectivity index (χ3n) is 12.9. The van der Waals surface area contributed by atoms with E-state index in [2.05, 4.69) is 162 Å². The van der Waals surface area contributed by atoms with E-state index in [1.54, 1.807) is 0 Å². The molecule has 5 heteroatoms. The number of anilines is 2. The van der Waals surface area contributed by atoms with Crippen LogP contribution >= 0.6 is 11.8 Å². The largest absolute Gasteiger partial charge is 0.336 e. The van der Waals surface area contributed by atoms with Gasteiger partial charge in [-0.25, -0.2) is 15.0 Å². The molecule has 0 fully saturated rings. The summed E-state index contributed by atoms with van der Waals surface area (Å²) in [6, 6.07) is 66.4. The van der Waals surface area contributed by atoms with E-state index in [0.717, 1.165) is 22.1 Å². The number of fused-ring (bicyclic) bond motifs is 9. The van der Waals surface area contributed by atoms with E-state index in [0.29, 0.717) is 28.6 Å². The lowest BCUT2D eigenvalue weighted by Crippen LogP contribution is -2.41. The van der Waals surface area contributed by atoms with E-state index in [9.17, 15) is 0 Å². The minimum Gasteiger partial charge on any atom is -0.336 e. The number of rotatable bonds is 4. The van der Waals surface area contributed by atoms with Gasteiger partial charge in [0.2, 0.25) is 0 Å². The first-order valence-corrected chi connectivity index (χ1v) is 21.0. The van der Waals surface area contributed by atoms with Crippen molar-refractivity contribution in [3.8, 4) is 56.4 Å². The zero-order chi connectivity index (χ0) is 37.9. The van der Waals surface area contributed by atoms with Crippen molar-refractivity contribution in [2.75, 3.05) is 4.90 Å². The first-order chi connectivity index (χ1) is 28.8. The molecule has 0 spiro atoms. The quantitative estimate of drug-likeness (QED) is 0.179. The standard InChI is InChI=1S/C53H34N4S/c1-3-15-31(16-4-1)51-54-52(32-17-5-2-6-18-32)56-53(55-51)39-29-30-42(36-22-10-9-21-35(36)39)57-43-27-14-25-38-34-20-8-7-19-33(34)37-24-13-26-41-45(37)48(46(38)43)49(57)47-40-23-11-12-28-44(40)58-50(41)47/h1-30,47-50H. The van der Waals surface area contributed by atoms with Crippen LogP contribution in [0.2, 0.25) is 0 Å². The van der Waals surface area contributed by atoms with Crippen molar-refractivity contribution in [2.24, 2.45) is 0 Å². The highest BCUT2D eigenvalue weighted by molar-refractivity contribution is 8.00. The topological polar surface area (TPSA) is 41.9 Å². The summed E-state index contributed by atoms with van der Waals surface area (Å²) < 4.78 is 0. The molecule has 4 atom stereocenters. The molecule has 4 nitrogen and oxygen atoms in total. The minimum atomic E-state index is 0.168. The van der Waals surface area contributed by atoms with Crippen molar-refractivity contribution in [1.29, 1.82) is 0 Å². The fraction of sp³-hybridized carbons (Fsp3) is 0.0755. The van der Waals surface area contributed by atoms with Crippen molar-refractivity contribution >= 4 is 33.9 Å². The van der Waals surface area contributed by atoms with Crippen LogP contribution in [0.15, 0.2) is 187 Å². The number of nitrogens with zero attached hydrogens (tertiary/aromatic N) is 4. The maximum atomic E-state index is 5.18. The van der Waals surface area contributed by atoms with Crippen LogP contribution in [0.5, 0.6) is 0 Å². The van der Waals surface area contributed by atoms with Gasteiger partial charge in [0.15, 0.2) is 17.5 Å².